The lowest BCUT2D eigenvalue weighted by atomic mass is 10.3. The van der Waals surface area contributed by atoms with Gasteiger partial charge in [0.15, 0.2) is 16.7 Å². The molecule has 2 rings (SSSR count). The zero-order chi connectivity index (χ0) is 10.1. The van der Waals surface area contributed by atoms with E-state index in [9.17, 15) is 0 Å². The summed E-state index contributed by atoms with van der Waals surface area (Å²) >= 11 is 5.91. The summed E-state index contributed by atoms with van der Waals surface area (Å²) in [6.45, 7) is 2.75. The van der Waals surface area contributed by atoms with Crippen LogP contribution in [0.25, 0.3) is 11.5 Å². The Labute approximate surface area is 85.5 Å². The summed E-state index contributed by atoms with van der Waals surface area (Å²) in [5, 5.41) is 3.98. The van der Waals surface area contributed by atoms with E-state index in [1.165, 1.54) is 0 Å². The highest BCUT2D eigenvalue weighted by molar-refractivity contribution is 6.31. The van der Waals surface area contributed by atoms with Gasteiger partial charge in [0.05, 0.1) is 6.33 Å². The third kappa shape index (κ3) is 1.35. The molecule has 5 nitrogen and oxygen atoms in total. The Bertz CT molecular complexity index is 448. The number of aryl methyl sites for hydroxylation is 1. The Morgan fingerprint density at radius 3 is 3.00 bits per heavy atom. The van der Waals surface area contributed by atoms with Crippen LogP contribution in [-0.4, -0.2) is 14.7 Å². The van der Waals surface area contributed by atoms with Crippen LogP contribution in [0.1, 0.15) is 6.92 Å². The van der Waals surface area contributed by atoms with Crippen LogP contribution in [0.4, 0.5) is 5.82 Å². The summed E-state index contributed by atoms with van der Waals surface area (Å²) in [5.74, 6) is 0.867. The van der Waals surface area contributed by atoms with Crippen molar-refractivity contribution in [3.8, 4) is 11.5 Å². The molecular weight excluding hydrogens is 204 g/mol. The minimum Gasteiger partial charge on any atom is -0.381 e. The minimum atomic E-state index is 0.333. The molecule has 2 aromatic heterocycles. The molecule has 0 aliphatic carbocycles. The van der Waals surface area contributed by atoms with Crippen molar-refractivity contribution >= 4 is 17.4 Å². The zero-order valence-corrected chi connectivity index (χ0v) is 8.32. The molecule has 14 heavy (non-hydrogen) atoms. The summed E-state index contributed by atoms with van der Waals surface area (Å²) in [7, 11) is 0. The van der Waals surface area contributed by atoms with Crippen LogP contribution in [0.15, 0.2) is 16.9 Å². The third-order valence-corrected chi connectivity index (χ3v) is 2.17. The second-order valence-electron chi connectivity index (χ2n) is 2.79. The molecule has 6 heteroatoms. The fourth-order valence-electron chi connectivity index (χ4n) is 1.24. The van der Waals surface area contributed by atoms with Gasteiger partial charge < -0.3 is 14.8 Å². The maximum atomic E-state index is 5.91. The highest BCUT2D eigenvalue weighted by Gasteiger charge is 2.14. The molecule has 0 spiro atoms. The molecule has 74 valence electrons. The lowest BCUT2D eigenvalue weighted by molar-refractivity contribution is 0.432. The molecule has 2 N–H and O–H groups in total. The molecule has 0 fully saturated rings. The first-order chi connectivity index (χ1) is 6.72. The van der Waals surface area contributed by atoms with Gasteiger partial charge in [-0.3, -0.25) is 0 Å². The molecular formula is C8H9ClN4O. The van der Waals surface area contributed by atoms with Gasteiger partial charge in [-0.25, -0.2) is 4.98 Å². The number of hydrogen-bond donors (Lipinski definition) is 1. The summed E-state index contributed by atoms with van der Waals surface area (Å²) in [4.78, 5) is 3.97. The van der Waals surface area contributed by atoms with Crippen molar-refractivity contribution in [2.45, 2.75) is 13.5 Å². The van der Waals surface area contributed by atoms with Crippen LogP contribution < -0.4 is 5.73 Å². The van der Waals surface area contributed by atoms with Crippen molar-refractivity contribution in [1.29, 1.82) is 0 Å². The number of nitrogen functional groups attached to an aromatic ring is 1. The molecule has 0 unspecified atom stereocenters. The zero-order valence-electron chi connectivity index (χ0n) is 7.57. The van der Waals surface area contributed by atoms with Gasteiger partial charge in [-0.15, -0.1) is 0 Å². The Kier molecular flexibility index (Phi) is 2.17. The molecule has 0 radical (unpaired) electrons. The van der Waals surface area contributed by atoms with E-state index >= 15 is 0 Å². The van der Waals surface area contributed by atoms with Gasteiger partial charge in [0.1, 0.15) is 5.69 Å². The maximum absolute atomic E-state index is 5.91. The molecule has 0 aliphatic heterocycles. The summed E-state index contributed by atoms with van der Waals surface area (Å²) in [6.07, 6.45) is 1.65. The molecule has 2 heterocycles. The molecule has 0 atom stereocenters. The van der Waals surface area contributed by atoms with Crippen molar-refractivity contribution in [1.82, 2.24) is 14.7 Å². The SMILES string of the molecule is CCn1cnc(Cl)c1-c1cc(N)no1. The Balaban J connectivity index is 2.54. The average molecular weight is 213 g/mol. The maximum Gasteiger partial charge on any atom is 0.188 e. The standard InChI is InChI=1S/C8H9ClN4O/c1-2-13-4-11-8(9)7(13)5-3-6(10)12-14-5/h3-4H,2H2,1H3,(H2,10,12). The average Bonchev–Trinajstić information content (AvgIpc) is 2.71. The predicted molar refractivity (Wildman–Crippen MR) is 52.8 cm³/mol. The number of halogens is 1. The number of nitrogens with zero attached hydrogens (tertiary/aromatic N) is 3. The van der Waals surface area contributed by atoms with Gasteiger partial charge in [0.2, 0.25) is 0 Å². The van der Waals surface area contributed by atoms with Gasteiger partial charge in [-0.1, -0.05) is 16.8 Å². The van der Waals surface area contributed by atoms with Crippen LogP contribution >= 0.6 is 11.6 Å². The number of nitrogens with two attached hydrogens (primary N) is 1. The fourth-order valence-corrected chi connectivity index (χ4v) is 1.49. The van der Waals surface area contributed by atoms with Crippen molar-refractivity contribution in [3.05, 3.63) is 17.5 Å². The molecule has 0 bridgehead atoms. The van der Waals surface area contributed by atoms with Crippen LogP contribution in [0.2, 0.25) is 5.15 Å². The Morgan fingerprint density at radius 1 is 1.64 bits per heavy atom. The molecule has 0 saturated heterocycles. The van der Waals surface area contributed by atoms with Crippen molar-refractivity contribution in [2.75, 3.05) is 5.73 Å². The van der Waals surface area contributed by atoms with Crippen LogP contribution in [0.3, 0.4) is 0 Å². The van der Waals surface area contributed by atoms with Crippen molar-refractivity contribution in [2.24, 2.45) is 0 Å². The number of hydrogen-bond acceptors (Lipinski definition) is 4. The van der Waals surface area contributed by atoms with E-state index in [0.29, 0.717) is 22.4 Å². The first-order valence-corrected chi connectivity index (χ1v) is 4.53. The topological polar surface area (TPSA) is 69.9 Å². The summed E-state index contributed by atoms with van der Waals surface area (Å²) in [6, 6.07) is 1.62. The second-order valence-corrected chi connectivity index (χ2v) is 3.14. The molecule has 0 aromatic carbocycles. The number of imidazole rings is 1. The van der Waals surface area contributed by atoms with Gasteiger partial charge in [0, 0.05) is 12.6 Å². The first-order valence-electron chi connectivity index (χ1n) is 4.15. The third-order valence-electron chi connectivity index (χ3n) is 1.90. The van der Waals surface area contributed by atoms with E-state index in [-0.39, 0.29) is 0 Å². The minimum absolute atomic E-state index is 0.333. The lowest BCUT2D eigenvalue weighted by Crippen LogP contribution is -1.94. The first kappa shape index (κ1) is 9.08. The highest BCUT2D eigenvalue weighted by Crippen LogP contribution is 2.27. The van der Waals surface area contributed by atoms with Crippen molar-refractivity contribution in [3.63, 3.8) is 0 Å². The number of aromatic nitrogens is 3. The van der Waals surface area contributed by atoms with Gasteiger partial charge >= 0.3 is 0 Å². The smallest absolute Gasteiger partial charge is 0.188 e. The number of rotatable bonds is 2. The molecule has 0 amide bonds. The van der Waals surface area contributed by atoms with E-state index < -0.39 is 0 Å². The normalized spacial score (nSPS) is 10.7. The highest BCUT2D eigenvalue weighted by atomic mass is 35.5. The van der Waals surface area contributed by atoms with Crippen LogP contribution in [-0.2, 0) is 6.54 Å². The Hall–Kier alpha value is -1.49. The van der Waals surface area contributed by atoms with Gasteiger partial charge in [-0.05, 0) is 6.92 Å². The molecule has 0 saturated carbocycles. The number of anilines is 1. The largest absolute Gasteiger partial charge is 0.381 e. The van der Waals surface area contributed by atoms with E-state index in [4.69, 9.17) is 21.9 Å². The fraction of sp³-hybridized carbons (Fsp3) is 0.250. The van der Waals surface area contributed by atoms with Gasteiger partial charge in [-0.2, -0.15) is 0 Å². The van der Waals surface area contributed by atoms with E-state index in [0.717, 1.165) is 6.54 Å². The van der Waals surface area contributed by atoms with E-state index in [2.05, 4.69) is 10.1 Å². The second kappa shape index (κ2) is 3.34. The van der Waals surface area contributed by atoms with Crippen LogP contribution in [0.5, 0.6) is 0 Å². The Morgan fingerprint density at radius 2 is 2.43 bits per heavy atom. The van der Waals surface area contributed by atoms with E-state index in [1.54, 1.807) is 12.4 Å². The predicted octanol–water partition coefficient (Wildman–Crippen LogP) is 1.79. The van der Waals surface area contributed by atoms with E-state index in [1.807, 2.05) is 11.5 Å². The lowest BCUT2D eigenvalue weighted by Gasteiger charge is -2.00. The summed E-state index contributed by atoms with van der Waals surface area (Å²) < 4.78 is 6.88. The van der Waals surface area contributed by atoms with Crippen molar-refractivity contribution < 1.29 is 4.52 Å². The monoisotopic (exact) mass is 212 g/mol. The molecule has 0 aliphatic rings. The quantitative estimate of drug-likeness (QED) is 0.824. The molecule has 2 aromatic rings. The van der Waals surface area contributed by atoms with Gasteiger partial charge in [0.25, 0.3) is 0 Å². The van der Waals surface area contributed by atoms with Crippen LogP contribution in [0, 0.1) is 0 Å². The summed E-state index contributed by atoms with van der Waals surface area (Å²) in [5.41, 5.74) is 6.16.